The number of amides is 1. The van der Waals surface area contributed by atoms with Gasteiger partial charge in [0.2, 0.25) is 5.89 Å². The Kier molecular flexibility index (Phi) is 4.22. The molecule has 7 heteroatoms. The van der Waals surface area contributed by atoms with E-state index in [0.29, 0.717) is 17.0 Å². The quantitative estimate of drug-likeness (QED) is 0.777. The largest absolute Gasteiger partial charge is 0.436 e. The van der Waals surface area contributed by atoms with Gasteiger partial charge in [-0.15, -0.1) is 0 Å². The Morgan fingerprint density at radius 2 is 2.04 bits per heavy atom. The lowest BCUT2D eigenvalue weighted by Crippen LogP contribution is -2.23. The van der Waals surface area contributed by atoms with Gasteiger partial charge in [-0.3, -0.25) is 4.79 Å². The third kappa shape index (κ3) is 3.01. The summed E-state index contributed by atoms with van der Waals surface area (Å²) in [7, 11) is 1.37. The van der Waals surface area contributed by atoms with E-state index in [4.69, 9.17) is 14.9 Å². The number of nitrogens with zero attached hydrogens (tertiary/aromatic N) is 1. The Hall–Kier alpha value is -2.51. The summed E-state index contributed by atoms with van der Waals surface area (Å²) in [5.74, 6) is -0.339. The molecule has 5 nitrogen and oxygen atoms in total. The van der Waals surface area contributed by atoms with Crippen LogP contribution in [0.5, 0.6) is 0 Å². The summed E-state index contributed by atoms with van der Waals surface area (Å²) < 4.78 is 24.0. The smallest absolute Gasteiger partial charge is 0.252 e. The summed E-state index contributed by atoms with van der Waals surface area (Å²) in [5.41, 5.74) is 7.04. The minimum absolute atomic E-state index is 0.268. The van der Waals surface area contributed by atoms with Crippen molar-refractivity contribution in [1.82, 2.24) is 4.98 Å². The summed E-state index contributed by atoms with van der Waals surface area (Å²) in [4.78, 5) is 16.0. The first-order chi connectivity index (χ1) is 11.1. The number of methoxy groups -OCH3 is 1. The molecule has 0 aliphatic rings. The number of rotatable bonds is 5. The van der Waals surface area contributed by atoms with Crippen LogP contribution >= 0.6 is 11.3 Å². The zero-order valence-electron chi connectivity index (χ0n) is 12.2. The number of halogens is 1. The van der Waals surface area contributed by atoms with Gasteiger partial charge < -0.3 is 14.9 Å². The average molecular weight is 332 g/mol. The molecule has 0 aliphatic heterocycles. The van der Waals surface area contributed by atoms with Gasteiger partial charge in [0.25, 0.3) is 5.91 Å². The van der Waals surface area contributed by atoms with E-state index in [9.17, 15) is 9.18 Å². The molecule has 3 rings (SSSR count). The predicted octanol–water partition coefficient (Wildman–Crippen LogP) is 3.38. The molecule has 118 valence electrons. The number of benzene rings is 1. The summed E-state index contributed by atoms with van der Waals surface area (Å²) in [6.45, 7) is 0. The second-order valence-electron chi connectivity index (χ2n) is 4.77. The van der Waals surface area contributed by atoms with Gasteiger partial charge in [-0.05, 0) is 35.7 Å². The van der Waals surface area contributed by atoms with Gasteiger partial charge in [0.1, 0.15) is 11.5 Å². The van der Waals surface area contributed by atoms with Gasteiger partial charge in [-0.1, -0.05) is 0 Å². The Balaban J connectivity index is 2.13. The maximum Gasteiger partial charge on any atom is 0.252 e. The molecule has 2 heterocycles. The number of nitrogens with two attached hydrogens (primary N) is 1. The van der Waals surface area contributed by atoms with E-state index in [1.54, 1.807) is 12.1 Å². The summed E-state index contributed by atoms with van der Waals surface area (Å²) >= 11 is 1.48. The third-order valence-corrected chi connectivity index (χ3v) is 3.95. The maximum absolute atomic E-state index is 13.1. The average Bonchev–Trinajstić information content (AvgIpc) is 3.17. The van der Waals surface area contributed by atoms with E-state index in [-0.39, 0.29) is 11.7 Å². The molecule has 0 aliphatic carbocycles. The SMILES string of the molecule is COC(C(N)=O)c1nc(-c2ccc(F)cc2)oc1-c1ccsc1. The van der Waals surface area contributed by atoms with Crippen molar-refractivity contribution in [2.24, 2.45) is 5.73 Å². The van der Waals surface area contributed by atoms with Gasteiger partial charge in [0, 0.05) is 23.6 Å². The van der Waals surface area contributed by atoms with Crippen LogP contribution in [0.1, 0.15) is 11.8 Å². The second-order valence-corrected chi connectivity index (χ2v) is 5.55. The standard InChI is InChI=1S/C16H13FN2O3S/c1-21-14(15(18)20)12-13(10-6-7-23-8-10)22-16(19-12)9-2-4-11(17)5-3-9/h2-8,14H,1H3,(H2,18,20). The number of oxazole rings is 1. The van der Waals surface area contributed by atoms with Crippen LogP contribution in [0.4, 0.5) is 4.39 Å². The second kappa shape index (κ2) is 6.31. The van der Waals surface area contributed by atoms with Gasteiger partial charge in [-0.25, -0.2) is 9.37 Å². The molecular formula is C16H13FN2O3S. The van der Waals surface area contributed by atoms with Crippen molar-refractivity contribution >= 4 is 17.2 Å². The highest BCUT2D eigenvalue weighted by atomic mass is 32.1. The van der Waals surface area contributed by atoms with Gasteiger partial charge in [-0.2, -0.15) is 11.3 Å². The van der Waals surface area contributed by atoms with E-state index in [1.807, 2.05) is 16.8 Å². The number of hydrogen-bond donors (Lipinski definition) is 1. The molecule has 0 saturated carbocycles. The first-order valence-corrected chi connectivity index (χ1v) is 7.65. The molecule has 1 unspecified atom stereocenters. The van der Waals surface area contributed by atoms with E-state index in [2.05, 4.69) is 4.98 Å². The van der Waals surface area contributed by atoms with Gasteiger partial charge >= 0.3 is 0 Å². The lowest BCUT2D eigenvalue weighted by atomic mass is 10.1. The molecule has 23 heavy (non-hydrogen) atoms. The number of carbonyl (C=O) groups is 1. The van der Waals surface area contributed by atoms with Crippen molar-refractivity contribution in [2.75, 3.05) is 7.11 Å². The van der Waals surface area contributed by atoms with Crippen molar-refractivity contribution in [3.05, 3.63) is 52.6 Å². The molecule has 1 aromatic carbocycles. The third-order valence-electron chi connectivity index (χ3n) is 3.27. The van der Waals surface area contributed by atoms with Crippen molar-refractivity contribution < 1.29 is 18.3 Å². The van der Waals surface area contributed by atoms with E-state index >= 15 is 0 Å². The zero-order chi connectivity index (χ0) is 16.4. The van der Waals surface area contributed by atoms with E-state index in [0.717, 1.165) is 5.56 Å². The Bertz CT molecular complexity index is 812. The minimum Gasteiger partial charge on any atom is -0.436 e. The summed E-state index contributed by atoms with van der Waals surface area (Å²) in [5, 5.41) is 3.75. The minimum atomic E-state index is -1.03. The van der Waals surface area contributed by atoms with E-state index < -0.39 is 12.0 Å². The number of aromatic nitrogens is 1. The van der Waals surface area contributed by atoms with Crippen LogP contribution in [-0.4, -0.2) is 18.0 Å². The maximum atomic E-state index is 13.1. The number of ether oxygens (including phenoxy) is 1. The zero-order valence-corrected chi connectivity index (χ0v) is 13.0. The lowest BCUT2D eigenvalue weighted by Gasteiger charge is -2.09. The van der Waals surface area contributed by atoms with Crippen LogP contribution in [0.2, 0.25) is 0 Å². The first kappa shape index (κ1) is 15.4. The summed E-state index contributed by atoms with van der Waals surface area (Å²) in [6, 6.07) is 7.57. The van der Waals surface area contributed by atoms with Crippen LogP contribution in [0.3, 0.4) is 0 Å². The number of primary amides is 1. The van der Waals surface area contributed by atoms with Crippen LogP contribution < -0.4 is 5.73 Å². The van der Waals surface area contributed by atoms with Crippen LogP contribution in [-0.2, 0) is 9.53 Å². The Labute approximate surface area is 135 Å². The van der Waals surface area contributed by atoms with Gasteiger partial charge in [0.05, 0.1) is 0 Å². The highest BCUT2D eigenvalue weighted by molar-refractivity contribution is 7.08. The van der Waals surface area contributed by atoms with Crippen molar-refractivity contribution in [2.45, 2.75) is 6.10 Å². The number of thiophene rings is 1. The predicted molar refractivity (Wildman–Crippen MR) is 84.2 cm³/mol. The van der Waals surface area contributed by atoms with Crippen molar-refractivity contribution in [1.29, 1.82) is 0 Å². The normalized spacial score (nSPS) is 12.3. The van der Waals surface area contributed by atoms with Crippen molar-refractivity contribution in [3.63, 3.8) is 0 Å². The number of hydrogen-bond acceptors (Lipinski definition) is 5. The molecule has 1 amide bonds. The van der Waals surface area contributed by atoms with E-state index in [1.165, 1.54) is 30.6 Å². The highest BCUT2D eigenvalue weighted by Crippen LogP contribution is 2.35. The molecule has 2 N–H and O–H groups in total. The topological polar surface area (TPSA) is 78.4 Å². The van der Waals surface area contributed by atoms with Crippen LogP contribution in [0, 0.1) is 5.82 Å². The molecule has 0 bridgehead atoms. The fourth-order valence-electron chi connectivity index (χ4n) is 2.19. The Morgan fingerprint density at radius 1 is 1.30 bits per heavy atom. The monoisotopic (exact) mass is 332 g/mol. The Morgan fingerprint density at radius 3 is 2.61 bits per heavy atom. The fourth-order valence-corrected chi connectivity index (χ4v) is 2.82. The molecule has 2 aromatic heterocycles. The first-order valence-electron chi connectivity index (χ1n) is 6.71. The van der Waals surface area contributed by atoms with Crippen molar-refractivity contribution in [3.8, 4) is 22.8 Å². The molecular weight excluding hydrogens is 319 g/mol. The molecule has 1 atom stereocenters. The van der Waals surface area contributed by atoms with Crippen LogP contribution in [0.15, 0.2) is 45.5 Å². The molecule has 0 spiro atoms. The molecule has 0 fully saturated rings. The molecule has 0 saturated heterocycles. The fraction of sp³-hybridized carbons (Fsp3) is 0.125. The van der Waals surface area contributed by atoms with Crippen LogP contribution in [0.25, 0.3) is 22.8 Å². The molecule has 3 aromatic rings. The molecule has 0 radical (unpaired) electrons. The summed E-state index contributed by atoms with van der Waals surface area (Å²) in [6.07, 6.45) is -1.03. The highest BCUT2D eigenvalue weighted by Gasteiger charge is 2.28. The van der Waals surface area contributed by atoms with Gasteiger partial charge in [0.15, 0.2) is 11.9 Å². The number of carbonyl (C=O) groups excluding carboxylic acids is 1. The lowest BCUT2D eigenvalue weighted by molar-refractivity contribution is -0.128.